The van der Waals surface area contributed by atoms with Gasteiger partial charge in [0.1, 0.15) is 23.2 Å². The molecular weight excluding hydrogens is 310 g/mol. The lowest BCUT2D eigenvalue weighted by Crippen LogP contribution is -2.03. The molecule has 1 heterocycles. The summed E-state index contributed by atoms with van der Waals surface area (Å²) < 4.78 is 15.0. The van der Waals surface area contributed by atoms with Crippen molar-refractivity contribution in [3.05, 3.63) is 53.3 Å². The molecule has 0 saturated heterocycles. The Kier molecular flexibility index (Phi) is 5.53. The van der Waals surface area contributed by atoms with Gasteiger partial charge in [0, 0.05) is 11.6 Å². The van der Waals surface area contributed by atoms with Crippen LogP contribution in [-0.2, 0) is 14.3 Å². The van der Waals surface area contributed by atoms with Gasteiger partial charge in [0.2, 0.25) is 0 Å². The highest BCUT2D eigenvalue weighted by Crippen LogP contribution is 2.24. The quantitative estimate of drug-likeness (QED) is 0.476. The van der Waals surface area contributed by atoms with Crippen molar-refractivity contribution in [2.75, 3.05) is 13.7 Å². The minimum atomic E-state index is -0.728. The van der Waals surface area contributed by atoms with E-state index in [-0.39, 0.29) is 11.5 Å². The zero-order chi connectivity index (χ0) is 17.5. The molecule has 1 aromatic carbocycles. The van der Waals surface area contributed by atoms with Gasteiger partial charge in [-0.3, -0.25) is 0 Å². The first-order valence-corrected chi connectivity index (χ1v) is 7.16. The third-order valence-corrected chi connectivity index (χ3v) is 3.12. The molecule has 122 valence electrons. The van der Waals surface area contributed by atoms with Crippen LogP contribution < -0.4 is 0 Å². The number of ether oxygens (including phenoxy) is 2. The monoisotopic (exact) mass is 325 g/mol. The molecule has 0 aliphatic heterocycles. The number of hydrogen-bond donors (Lipinski definition) is 0. The molecule has 0 atom stereocenters. The van der Waals surface area contributed by atoms with Crippen LogP contribution in [0.25, 0.3) is 17.4 Å². The molecule has 6 heteroatoms. The number of benzene rings is 1. The number of rotatable bonds is 5. The number of carbonyl (C=O) groups excluding carboxylic acids is 2. The molecule has 2 rings (SSSR count). The van der Waals surface area contributed by atoms with Crippen molar-refractivity contribution >= 4 is 18.0 Å². The van der Waals surface area contributed by atoms with Gasteiger partial charge in [-0.1, -0.05) is 12.1 Å². The molecule has 0 fully saturated rings. The predicted molar refractivity (Wildman–Crippen MR) is 85.7 cm³/mol. The molecule has 0 amide bonds. The van der Waals surface area contributed by atoms with E-state index in [1.54, 1.807) is 49.4 Å². The second-order valence-electron chi connectivity index (χ2n) is 4.66. The lowest BCUT2D eigenvalue weighted by Gasteiger charge is -2.02. The summed E-state index contributed by atoms with van der Waals surface area (Å²) in [5, 5.41) is 8.93. The summed E-state index contributed by atoms with van der Waals surface area (Å²) in [5.74, 6) is -0.224. The fourth-order valence-electron chi connectivity index (χ4n) is 1.96. The van der Waals surface area contributed by atoms with E-state index in [1.165, 1.54) is 13.2 Å². The molecule has 0 saturated carbocycles. The van der Waals surface area contributed by atoms with Crippen molar-refractivity contribution in [3.8, 4) is 17.4 Å². The molecule has 0 aliphatic carbocycles. The van der Waals surface area contributed by atoms with Crippen molar-refractivity contribution in [1.82, 2.24) is 0 Å². The van der Waals surface area contributed by atoms with Gasteiger partial charge in [0.05, 0.1) is 19.3 Å². The number of methoxy groups -OCH3 is 1. The van der Waals surface area contributed by atoms with E-state index in [0.29, 0.717) is 23.7 Å². The summed E-state index contributed by atoms with van der Waals surface area (Å²) >= 11 is 0. The molecule has 0 aliphatic rings. The van der Waals surface area contributed by atoms with Crippen LogP contribution in [0.2, 0.25) is 0 Å². The maximum Gasteiger partial charge on any atom is 0.348 e. The zero-order valence-electron chi connectivity index (χ0n) is 13.2. The molecule has 0 spiro atoms. The standard InChI is InChI=1S/C18H15NO5/c1-3-23-18(21)13-6-4-12(5-7-13)16-9-8-15(24-16)10-14(11-19)17(20)22-2/h4-10H,3H2,1-2H3/b14-10+. The average molecular weight is 325 g/mol. The highest BCUT2D eigenvalue weighted by molar-refractivity contribution is 5.97. The van der Waals surface area contributed by atoms with Crippen LogP contribution in [0.1, 0.15) is 23.0 Å². The summed E-state index contributed by atoms with van der Waals surface area (Å²) in [5.41, 5.74) is 1.04. The minimum absolute atomic E-state index is 0.156. The number of nitrogens with zero attached hydrogens (tertiary/aromatic N) is 1. The Balaban J connectivity index is 2.22. The van der Waals surface area contributed by atoms with Gasteiger partial charge in [-0.25, -0.2) is 9.59 Å². The van der Waals surface area contributed by atoms with Crippen LogP contribution in [0, 0.1) is 11.3 Å². The topological polar surface area (TPSA) is 89.5 Å². The normalized spacial score (nSPS) is 10.8. The van der Waals surface area contributed by atoms with Crippen LogP contribution >= 0.6 is 0 Å². The molecule has 6 nitrogen and oxygen atoms in total. The van der Waals surface area contributed by atoms with E-state index in [2.05, 4.69) is 4.74 Å². The van der Waals surface area contributed by atoms with E-state index in [9.17, 15) is 9.59 Å². The second kappa shape index (κ2) is 7.79. The SMILES string of the molecule is CCOC(=O)c1ccc(-c2ccc(/C=C(\C#N)C(=O)OC)o2)cc1. The van der Waals surface area contributed by atoms with Crippen LogP contribution in [0.3, 0.4) is 0 Å². The average Bonchev–Trinajstić information content (AvgIpc) is 3.08. The van der Waals surface area contributed by atoms with Crippen LogP contribution in [-0.4, -0.2) is 25.7 Å². The van der Waals surface area contributed by atoms with E-state index in [4.69, 9.17) is 14.4 Å². The van der Waals surface area contributed by atoms with Crippen molar-refractivity contribution in [2.45, 2.75) is 6.92 Å². The highest BCUT2D eigenvalue weighted by Gasteiger charge is 2.11. The fourth-order valence-corrected chi connectivity index (χ4v) is 1.96. The van der Waals surface area contributed by atoms with Crippen molar-refractivity contribution in [1.29, 1.82) is 5.26 Å². The van der Waals surface area contributed by atoms with Crippen molar-refractivity contribution in [3.63, 3.8) is 0 Å². The number of furan rings is 1. The smallest absolute Gasteiger partial charge is 0.348 e. The lowest BCUT2D eigenvalue weighted by molar-refractivity contribution is -0.135. The first-order chi connectivity index (χ1) is 11.6. The van der Waals surface area contributed by atoms with E-state index >= 15 is 0 Å². The van der Waals surface area contributed by atoms with Gasteiger partial charge in [-0.05, 0) is 31.2 Å². The summed E-state index contributed by atoms with van der Waals surface area (Å²) in [6.45, 7) is 2.06. The van der Waals surface area contributed by atoms with Gasteiger partial charge in [-0.2, -0.15) is 5.26 Å². The Hall–Kier alpha value is -3.33. The van der Waals surface area contributed by atoms with Crippen LogP contribution in [0.15, 0.2) is 46.4 Å². The Bertz CT molecular complexity index is 809. The van der Waals surface area contributed by atoms with E-state index in [1.807, 2.05) is 0 Å². The van der Waals surface area contributed by atoms with Crippen LogP contribution in [0.5, 0.6) is 0 Å². The molecule has 2 aromatic rings. The summed E-state index contributed by atoms with van der Waals surface area (Å²) in [7, 11) is 1.20. The summed E-state index contributed by atoms with van der Waals surface area (Å²) in [6.07, 6.45) is 1.31. The second-order valence-corrected chi connectivity index (χ2v) is 4.66. The number of hydrogen-bond acceptors (Lipinski definition) is 6. The third-order valence-electron chi connectivity index (χ3n) is 3.12. The van der Waals surface area contributed by atoms with Gasteiger partial charge in [-0.15, -0.1) is 0 Å². The summed E-state index contributed by atoms with van der Waals surface area (Å²) in [6, 6.07) is 11.8. The van der Waals surface area contributed by atoms with Crippen molar-refractivity contribution in [2.24, 2.45) is 0 Å². The molecule has 0 N–H and O–H groups in total. The number of esters is 2. The van der Waals surface area contributed by atoms with Crippen LogP contribution in [0.4, 0.5) is 0 Å². The Morgan fingerprint density at radius 3 is 2.50 bits per heavy atom. The first-order valence-electron chi connectivity index (χ1n) is 7.16. The molecule has 1 aromatic heterocycles. The van der Waals surface area contributed by atoms with E-state index in [0.717, 1.165) is 5.56 Å². The fraction of sp³-hybridized carbons (Fsp3) is 0.167. The minimum Gasteiger partial charge on any atom is -0.465 e. The maximum absolute atomic E-state index is 11.6. The highest BCUT2D eigenvalue weighted by atomic mass is 16.5. The number of carbonyl (C=O) groups is 2. The van der Waals surface area contributed by atoms with Gasteiger partial charge in [0.15, 0.2) is 0 Å². The molecule has 0 unspecified atom stereocenters. The Labute approximate surface area is 138 Å². The molecular formula is C18H15NO5. The largest absolute Gasteiger partial charge is 0.465 e. The predicted octanol–water partition coefficient (Wildman–Crippen LogP) is 3.20. The number of nitriles is 1. The first kappa shape index (κ1) is 17.0. The molecule has 0 radical (unpaired) electrons. The lowest BCUT2D eigenvalue weighted by atomic mass is 10.1. The van der Waals surface area contributed by atoms with Gasteiger partial charge >= 0.3 is 11.9 Å². The third kappa shape index (κ3) is 3.90. The summed E-state index contributed by atoms with van der Waals surface area (Å²) in [4.78, 5) is 23.0. The zero-order valence-corrected chi connectivity index (χ0v) is 13.2. The molecule has 0 bridgehead atoms. The maximum atomic E-state index is 11.6. The molecule has 24 heavy (non-hydrogen) atoms. The van der Waals surface area contributed by atoms with Gasteiger partial charge < -0.3 is 13.9 Å². The van der Waals surface area contributed by atoms with E-state index < -0.39 is 5.97 Å². The Morgan fingerprint density at radius 1 is 1.21 bits per heavy atom. The Morgan fingerprint density at radius 2 is 1.92 bits per heavy atom. The van der Waals surface area contributed by atoms with Gasteiger partial charge in [0.25, 0.3) is 0 Å². The van der Waals surface area contributed by atoms with Crippen molar-refractivity contribution < 1.29 is 23.5 Å².